The number of amides is 1. The van der Waals surface area contributed by atoms with Crippen LogP contribution in [0.15, 0.2) is 0 Å². The third-order valence-corrected chi connectivity index (χ3v) is 0.849. The molecule has 0 aromatic heterocycles. The molecule has 0 aliphatic heterocycles. The Hall–Kier alpha value is -0.850. The molecule has 0 spiro atoms. The number of carbonyl (C=O) groups is 1. The minimum atomic E-state index is -0.566. The second kappa shape index (κ2) is 11.9. The molecule has 0 heterocycles. The Bertz CT molecular complexity index is 88.6. The van der Waals surface area contributed by atoms with E-state index in [2.05, 4.69) is 16.4 Å². The molecule has 0 saturated heterocycles. The van der Waals surface area contributed by atoms with Gasteiger partial charge in [-0.05, 0) is 6.42 Å². The van der Waals surface area contributed by atoms with Gasteiger partial charge in [-0.1, -0.05) is 13.3 Å². The van der Waals surface area contributed by atoms with E-state index in [1.165, 1.54) is 0 Å². The summed E-state index contributed by atoms with van der Waals surface area (Å²) in [6.45, 7) is 2.46. The van der Waals surface area contributed by atoms with Crippen molar-refractivity contribution >= 4 is 6.09 Å². The fourth-order valence-corrected chi connectivity index (χ4v) is 0.351. The average Bonchev–Trinajstić information content (AvgIpc) is 2.08. The highest BCUT2D eigenvalue weighted by atomic mass is 16.5. The minimum absolute atomic E-state index is 0.444. The van der Waals surface area contributed by atoms with Gasteiger partial charge in [0.2, 0.25) is 0 Å². The molecule has 11 heavy (non-hydrogen) atoms. The Morgan fingerprint density at radius 3 is 2.45 bits per heavy atom. The third kappa shape index (κ3) is 12.4. The topological polar surface area (TPSA) is 116 Å². The van der Waals surface area contributed by atoms with Gasteiger partial charge in [0.15, 0.2) is 0 Å². The van der Waals surface area contributed by atoms with E-state index in [4.69, 9.17) is 5.84 Å². The molecule has 0 radical (unpaired) electrons. The van der Waals surface area contributed by atoms with Crippen molar-refractivity contribution in [1.82, 2.24) is 5.43 Å². The molecule has 0 unspecified atom stereocenters. The number of nitrogens with two attached hydrogens (primary N) is 3. The summed E-state index contributed by atoms with van der Waals surface area (Å²) in [6, 6.07) is 0. The van der Waals surface area contributed by atoms with Gasteiger partial charge in [0.25, 0.3) is 0 Å². The number of ether oxygens (including phenoxy) is 1. The average molecular weight is 164 g/mol. The molecule has 0 aromatic carbocycles. The van der Waals surface area contributed by atoms with E-state index in [9.17, 15) is 4.79 Å². The van der Waals surface area contributed by atoms with Crippen molar-refractivity contribution in [3.63, 3.8) is 0 Å². The van der Waals surface area contributed by atoms with E-state index >= 15 is 0 Å². The predicted molar refractivity (Wildman–Crippen MR) is 42.0 cm³/mol. The normalized spacial score (nSPS) is 7.64. The molecule has 0 saturated carbocycles. The van der Waals surface area contributed by atoms with Gasteiger partial charge in [0, 0.05) is 0 Å². The number of hydrazine groups is 2. The highest BCUT2D eigenvalue weighted by Crippen LogP contribution is 1.86. The zero-order valence-corrected chi connectivity index (χ0v) is 6.67. The van der Waals surface area contributed by atoms with Crippen molar-refractivity contribution < 1.29 is 9.53 Å². The van der Waals surface area contributed by atoms with E-state index in [1.54, 1.807) is 0 Å². The lowest BCUT2D eigenvalue weighted by molar-refractivity contribution is 0.144. The van der Waals surface area contributed by atoms with Crippen LogP contribution in [0.1, 0.15) is 19.8 Å². The van der Waals surface area contributed by atoms with E-state index in [0.29, 0.717) is 6.61 Å². The maximum atomic E-state index is 10.2. The summed E-state index contributed by atoms with van der Waals surface area (Å²) in [6.07, 6.45) is 1.33. The molecule has 0 atom stereocenters. The van der Waals surface area contributed by atoms with Gasteiger partial charge in [0.05, 0.1) is 6.61 Å². The monoisotopic (exact) mass is 164 g/mol. The van der Waals surface area contributed by atoms with Crippen LogP contribution in [0.2, 0.25) is 0 Å². The molecular weight excluding hydrogens is 148 g/mol. The Kier molecular flexibility index (Phi) is 13.8. The number of carbonyl (C=O) groups excluding carboxylic acids is 1. The maximum absolute atomic E-state index is 10.2. The number of hydrogen-bond donors (Lipinski definition) is 4. The summed E-state index contributed by atoms with van der Waals surface area (Å²) in [7, 11) is 0. The highest BCUT2D eigenvalue weighted by molar-refractivity contribution is 5.66. The van der Waals surface area contributed by atoms with Gasteiger partial charge < -0.3 is 4.74 Å². The maximum Gasteiger partial charge on any atom is 0.421 e. The first-order valence-electron chi connectivity index (χ1n) is 3.28. The summed E-state index contributed by atoms with van der Waals surface area (Å²) in [5.74, 6) is 12.7. The fourth-order valence-electron chi connectivity index (χ4n) is 0.351. The van der Waals surface area contributed by atoms with Crippen LogP contribution in [-0.4, -0.2) is 12.7 Å². The molecule has 68 valence electrons. The van der Waals surface area contributed by atoms with Gasteiger partial charge in [-0.3, -0.25) is 17.1 Å². The van der Waals surface area contributed by atoms with Crippen molar-refractivity contribution in [2.75, 3.05) is 6.61 Å². The van der Waals surface area contributed by atoms with E-state index in [-0.39, 0.29) is 0 Å². The summed E-state index contributed by atoms with van der Waals surface area (Å²) in [5, 5.41) is 0. The number of hydrogen-bond acceptors (Lipinski definition) is 5. The van der Waals surface area contributed by atoms with Gasteiger partial charge in [-0.15, -0.1) is 0 Å². The second-order valence-corrected chi connectivity index (χ2v) is 1.63. The molecule has 0 fully saturated rings. The van der Waals surface area contributed by atoms with Gasteiger partial charge in [-0.2, -0.15) is 0 Å². The summed E-state index contributed by atoms with van der Waals surface area (Å²) < 4.78 is 4.56. The molecular formula is C5H16N4O2. The standard InChI is InChI=1S/C5H12N2O2.H4N2/c1-2-3-4-9-5(8)7-6;1-2/h2-4,6H2,1H3,(H,7,8);1-2H2. The third-order valence-electron chi connectivity index (χ3n) is 0.849. The van der Waals surface area contributed by atoms with Crippen molar-refractivity contribution in [1.29, 1.82) is 0 Å². The van der Waals surface area contributed by atoms with Gasteiger partial charge in [0.1, 0.15) is 0 Å². The van der Waals surface area contributed by atoms with Crippen molar-refractivity contribution in [2.24, 2.45) is 17.5 Å². The van der Waals surface area contributed by atoms with E-state index in [0.717, 1.165) is 12.8 Å². The molecule has 0 aliphatic carbocycles. The summed E-state index contributed by atoms with van der Waals surface area (Å²) >= 11 is 0. The second-order valence-electron chi connectivity index (χ2n) is 1.63. The SMILES string of the molecule is CCCCOC(=O)NN.NN. The van der Waals surface area contributed by atoms with Crippen LogP contribution in [0.4, 0.5) is 4.79 Å². The number of nitrogens with one attached hydrogen (secondary N) is 1. The van der Waals surface area contributed by atoms with E-state index in [1.807, 2.05) is 12.3 Å². The zero-order valence-electron chi connectivity index (χ0n) is 6.67. The van der Waals surface area contributed by atoms with Crippen LogP contribution < -0.4 is 23.0 Å². The highest BCUT2D eigenvalue weighted by Gasteiger charge is 1.93. The number of rotatable bonds is 3. The van der Waals surface area contributed by atoms with Crippen molar-refractivity contribution in [2.45, 2.75) is 19.8 Å². The Labute approximate surface area is 66.0 Å². The molecule has 0 rings (SSSR count). The lowest BCUT2D eigenvalue weighted by Crippen LogP contribution is -2.30. The fraction of sp³-hybridized carbons (Fsp3) is 0.800. The first-order valence-corrected chi connectivity index (χ1v) is 3.28. The molecule has 1 amide bonds. The molecule has 0 aliphatic rings. The lowest BCUT2D eigenvalue weighted by atomic mass is 10.4. The first-order chi connectivity index (χ1) is 5.31. The molecule has 0 aromatic rings. The molecule has 6 nitrogen and oxygen atoms in total. The quantitative estimate of drug-likeness (QED) is 0.189. The molecule has 0 bridgehead atoms. The Balaban J connectivity index is 0. The largest absolute Gasteiger partial charge is 0.449 e. The number of unbranched alkanes of at least 4 members (excludes halogenated alkanes) is 1. The van der Waals surface area contributed by atoms with Crippen LogP contribution in [0.3, 0.4) is 0 Å². The van der Waals surface area contributed by atoms with Gasteiger partial charge >= 0.3 is 6.09 Å². The molecule has 7 N–H and O–H groups in total. The van der Waals surface area contributed by atoms with Crippen LogP contribution in [-0.2, 0) is 4.74 Å². The lowest BCUT2D eigenvalue weighted by Gasteiger charge is -2.00. The first kappa shape index (κ1) is 12.8. The summed E-state index contributed by atoms with van der Waals surface area (Å²) in [4.78, 5) is 10.2. The smallest absolute Gasteiger partial charge is 0.421 e. The minimum Gasteiger partial charge on any atom is -0.449 e. The zero-order chi connectivity index (χ0) is 9.11. The molecule has 6 heteroatoms. The van der Waals surface area contributed by atoms with E-state index < -0.39 is 6.09 Å². The predicted octanol–water partition coefficient (Wildman–Crippen LogP) is -0.795. The Morgan fingerprint density at radius 2 is 2.09 bits per heavy atom. The summed E-state index contributed by atoms with van der Waals surface area (Å²) in [5.41, 5.74) is 1.86. The van der Waals surface area contributed by atoms with Crippen LogP contribution in [0.25, 0.3) is 0 Å². The van der Waals surface area contributed by atoms with Crippen LogP contribution >= 0.6 is 0 Å². The van der Waals surface area contributed by atoms with Crippen molar-refractivity contribution in [3.8, 4) is 0 Å². The van der Waals surface area contributed by atoms with Crippen LogP contribution in [0.5, 0.6) is 0 Å². The van der Waals surface area contributed by atoms with Crippen molar-refractivity contribution in [3.05, 3.63) is 0 Å². The van der Waals surface area contributed by atoms with Crippen LogP contribution in [0, 0.1) is 0 Å². The Morgan fingerprint density at radius 1 is 1.55 bits per heavy atom. The van der Waals surface area contributed by atoms with Gasteiger partial charge in [-0.25, -0.2) is 10.6 Å².